The average Bonchev–Trinajstić information content (AvgIpc) is 3.33. The second kappa shape index (κ2) is 5.67. The Kier molecular flexibility index (Phi) is 3.79. The highest BCUT2D eigenvalue weighted by molar-refractivity contribution is 7.92. The number of nitrogens with zero attached hydrogens (tertiary/aromatic N) is 2. The number of hydrogen-bond acceptors (Lipinski definition) is 5. The molecule has 2 aromatic rings. The normalized spacial score (nSPS) is 21.3. The van der Waals surface area contributed by atoms with Gasteiger partial charge in [-0.3, -0.25) is 0 Å². The Morgan fingerprint density at radius 3 is 2.08 bits per heavy atom. The van der Waals surface area contributed by atoms with Gasteiger partial charge in [-0.05, 0) is 29.8 Å². The van der Waals surface area contributed by atoms with Crippen molar-refractivity contribution in [2.75, 3.05) is 7.11 Å². The second-order valence-corrected chi connectivity index (χ2v) is 7.69. The molecule has 0 spiro atoms. The molecule has 0 aliphatic heterocycles. The van der Waals surface area contributed by atoms with Crippen molar-refractivity contribution in [3.8, 4) is 17.9 Å². The summed E-state index contributed by atoms with van der Waals surface area (Å²) < 4.78 is 30.9. The van der Waals surface area contributed by atoms with E-state index < -0.39 is 26.4 Å². The van der Waals surface area contributed by atoms with Gasteiger partial charge in [0, 0.05) is 5.92 Å². The van der Waals surface area contributed by atoms with Crippen LogP contribution in [0, 0.1) is 28.1 Å². The van der Waals surface area contributed by atoms with Gasteiger partial charge in [0.1, 0.15) is 11.0 Å². The second-order valence-electron chi connectivity index (χ2n) is 5.62. The molecule has 3 rings (SSSR count). The molecule has 0 heterocycles. The molecule has 1 fully saturated rings. The number of ether oxygens (including phenoxy) is 1. The van der Waals surface area contributed by atoms with Crippen LogP contribution < -0.4 is 4.74 Å². The van der Waals surface area contributed by atoms with E-state index in [0.29, 0.717) is 11.3 Å². The molecule has 1 aliphatic rings. The fourth-order valence-electron chi connectivity index (χ4n) is 3.08. The van der Waals surface area contributed by atoms with E-state index in [0.717, 1.165) is 0 Å². The maximum Gasteiger partial charge on any atom is 0.184 e. The topological polar surface area (TPSA) is 90.9 Å². The molecule has 0 N–H and O–H groups in total. The molecule has 0 amide bonds. The Hall–Kier alpha value is -2.83. The Morgan fingerprint density at radius 2 is 1.58 bits per heavy atom. The highest BCUT2D eigenvalue weighted by Gasteiger charge is 2.73. The first-order valence-electron chi connectivity index (χ1n) is 7.26. The Bertz CT molecular complexity index is 924. The van der Waals surface area contributed by atoms with Crippen molar-refractivity contribution in [1.82, 2.24) is 0 Å². The van der Waals surface area contributed by atoms with Crippen LogP contribution in [0.1, 0.15) is 11.5 Å². The third kappa shape index (κ3) is 2.24. The van der Waals surface area contributed by atoms with E-state index in [1.807, 2.05) is 12.1 Å². The molecule has 1 saturated carbocycles. The molecule has 2 aromatic carbocycles. The van der Waals surface area contributed by atoms with E-state index in [1.165, 1.54) is 19.2 Å². The standard InChI is InChI=1S/C18H14N2O3S/c1-23-14-9-7-13(8-10-14)16-17(18(16,11-19)12-20)24(21,22)15-5-3-2-4-6-15/h2-10,16-17H,1H3/t16-,17-/m0/s1. The van der Waals surface area contributed by atoms with E-state index >= 15 is 0 Å². The van der Waals surface area contributed by atoms with Gasteiger partial charge in [0.05, 0.1) is 24.1 Å². The van der Waals surface area contributed by atoms with Crippen LogP contribution in [-0.4, -0.2) is 20.8 Å². The van der Waals surface area contributed by atoms with Gasteiger partial charge in [0.15, 0.2) is 15.3 Å². The lowest BCUT2D eigenvalue weighted by Gasteiger charge is -2.04. The molecule has 0 saturated heterocycles. The Morgan fingerprint density at radius 1 is 1.00 bits per heavy atom. The first kappa shape index (κ1) is 16.0. The maximum atomic E-state index is 12.9. The molecule has 2 atom stereocenters. The number of sulfone groups is 1. The summed E-state index contributed by atoms with van der Waals surface area (Å²) in [5.74, 6) is -0.0509. The Labute approximate surface area is 140 Å². The van der Waals surface area contributed by atoms with E-state index in [-0.39, 0.29) is 4.90 Å². The zero-order chi connectivity index (χ0) is 17.4. The first-order chi connectivity index (χ1) is 11.5. The molecule has 0 unspecified atom stereocenters. The van der Waals surface area contributed by atoms with Gasteiger partial charge in [0.25, 0.3) is 0 Å². The van der Waals surface area contributed by atoms with Gasteiger partial charge in [-0.15, -0.1) is 0 Å². The van der Waals surface area contributed by atoms with Crippen LogP contribution in [0.2, 0.25) is 0 Å². The minimum atomic E-state index is -3.79. The number of methoxy groups -OCH3 is 1. The highest BCUT2D eigenvalue weighted by atomic mass is 32.2. The SMILES string of the molecule is COc1ccc([C@H]2[C@H](S(=O)(=O)c3ccccc3)C2(C#N)C#N)cc1. The molecular formula is C18H14N2O3S. The summed E-state index contributed by atoms with van der Waals surface area (Å²) in [4.78, 5) is 0.126. The van der Waals surface area contributed by atoms with E-state index in [1.54, 1.807) is 42.5 Å². The third-order valence-corrected chi connectivity index (χ3v) is 6.63. The van der Waals surface area contributed by atoms with Crippen LogP contribution in [0.25, 0.3) is 0 Å². The molecule has 0 aromatic heterocycles. The molecule has 0 bridgehead atoms. The largest absolute Gasteiger partial charge is 0.497 e. The summed E-state index contributed by atoms with van der Waals surface area (Å²) in [7, 11) is -2.26. The maximum absolute atomic E-state index is 12.9. The smallest absolute Gasteiger partial charge is 0.184 e. The summed E-state index contributed by atoms with van der Waals surface area (Å²) in [5, 5.41) is 17.9. The van der Waals surface area contributed by atoms with E-state index in [4.69, 9.17) is 4.74 Å². The monoisotopic (exact) mass is 338 g/mol. The summed E-state index contributed by atoms with van der Waals surface area (Å²) in [6.45, 7) is 0. The number of rotatable bonds is 4. The fourth-order valence-corrected chi connectivity index (χ4v) is 5.30. The molecular weight excluding hydrogens is 324 g/mol. The lowest BCUT2D eigenvalue weighted by molar-refractivity contribution is 0.414. The van der Waals surface area contributed by atoms with Crippen LogP contribution in [0.3, 0.4) is 0 Å². The Balaban J connectivity index is 2.07. The minimum Gasteiger partial charge on any atom is -0.497 e. The van der Waals surface area contributed by atoms with Crippen molar-refractivity contribution in [3.63, 3.8) is 0 Å². The van der Waals surface area contributed by atoms with Crippen molar-refractivity contribution >= 4 is 9.84 Å². The molecule has 6 heteroatoms. The van der Waals surface area contributed by atoms with Gasteiger partial charge < -0.3 is 4.74 Å². The average molecular weight is 338 g/mol. The van der Waals surface area contributed by atoms with Gasteiger partial charge in [0.2, 0.25) is 0 Å². The van der Waals surface area contributed by atoms with Crippen LogP contribution in [0.5, 0.6) is 5.75 Å². The summed E-state index contributed by atoms with van der Waals surface area (Å²) in [6, 6.07) is 18.6. The molecule has 24 heavy (non-hydrogen) atoms. The van der Waals surface area contributed by atoms with Crippen molar-refractivity contribution in [3.05, 3.63) is 60.2 Å². The van der Waals surface area contributed by atoms with Gasteiger partial charge in [-0.1, -0.05) is 30.3 Å². The zero-order valence-corrected chi connectivity index (χ0v) is 13.7. The number of benzene rings is 2. The highest BCUT2D eigenvalue weighted by Crippen LogP contribution is 2.63. The van der Waals surface area contributed by atoms with Crippen LogP contribution in [-0.2, 0) is 9.84 Å². The van der Waals surface area contributed by atoms with Crippen LogP contribution >= 0.6 is 0 Å². The summed E-state index contributed by atoms with van der Waals surface area (Å²) in [5.41, 5.74) is -0.924. The predicted molar refractivity (Wildman–Crippen MR) is 86.8 cm³/mol. The van der Waals surface area contributed by atoms with Gasteiger partial charge in [-0.2, -0.15) is 10.5 Å². The van der Waals surface area contributed by atoms with E-state index in [9.17, 15) is 18.9 Å². The number of nitriles is 2. The molecule has 5 nitrogen and oxygen atoms in total. The van der Waals surface area contributed by atoms with Crippen molar-refractivity contribution in [1.29, 1.82) is 10.5 Å². The van der Waals surface area contributed by atoms with Crippen molar-refractivity contribution in [2.45, 2.75) is 16.1 Å². The van der Waals surface area contributed by atoms with E-state index in [2.05, 4.69) is 0 Å². The fraction of sp³-hybridized carbons (Fsp3) is 0.222. The first-order valence-corrected chi connectivity index (χ1v) is 8.81. The van der Waals surface area contributed by atoms with Gasteiger partial charge in [-0.25, -0.2) is 8.42 Å². The minimum absolute atomic E-state index is 0.126. The third-order valence-electron chi connectivity index (χ3n) is 4.38. The van der Waals surface area contributed by atoms with Crippen LogP contribution in [0.4, 0.5) is 0 Å². The lowest BCUT2D eigenvalue weighted by Crippen LogP contribution is -2.14. The zero-order valence-electron chi connectivity index (χ0n) is 12.9. The number of hydrogen-bond donors (Lipinski definition) is 0. The quantitative estimate of drug-likeness (QED) is 0.855. The molecule has 0 radical (unpaired) electrons. The van der Waals surface area contributed by atoms with Gasteiger partial charge >= 0.3 is 0 Å². The summed E-state index contributed by atoms with van der Waals surface area (Å²) in [6.07, 6.45) is 0. The summed E-state index contributed by atoms with van der Waals surface area (Å²) >= 11 is 0. The molecule has 1 aliphatic carbocycles. The van der Waals surface area contributed by atoms with Crippen molar-refractivity contribution in [2.24, 2.45) is 5.41 Å². The van der Waals surface area contributed by atoms with Crippen molar-refractivity contribution < 1.29 is 13.2 Å². The predicted octanol–water partition coefficient (Wildman–Crippen LogP) is 2.67. The van der Waals surface area contributed by atoms with Crippen LogP contribution in [0.15, 0.2) is 59.5 Å². The molecule has 120 valence electrons. The lowest BCUT2D eigenvalue weighted by atomic mass is 10.0.